The Balaban J connectivity index is 1.98. The molecular weight excluding hydrogens is 314 g/mol. The highest BCUT2D eigenvalue weighted by Gasteiger charge is 2.17. The molecular formula is C17H16ClN3O2. The lowest BCUT2D eigenvalue weighted by molar-refractivity contribution is 0.0734. The van der Waals surface area contributed by atoms with Crippen molar-refractivity contribution in [1.29, 1.82) is 0 Å². The first-order chi connectivity index (χ1) is 11.0. The summed E-state index contributed by atoms with van der Waals surface area (Å²) in [4.78, 5) is 16.9. The summed E-state index contributed by atoms with van der Waals surface area (Å²) in [5.41, 5.74) is 1.75. The predicted octanol–water partition coefficient (Wildman–Crippen LogP) is 4.19. The topological polar surface area (TPSA) is 57.0 Å². The second-order valence-electron chi connectivity index (χ2n) is 5.54. The Morgan fingerprint density at radius 1 is 1.30 bits per heavy atom. The minimum Gasteiger partial charge on any atom is -0.421 e. The van der Waals surface area contributed by atoms with Gasteiger partial charge in [0.05, 0.1) is 22.5 Å². The van der Waals surface area contributed by atoms with Crippen molar-refractivity contribution in [2.75, 3.05) is 0 Å². The lowest BCUT2D eigenvalue weighted by atomic mass is 10.1. The summed E-state index contributed by atoms with van der Waals surface area (Å²) >= 11 is 6.02. The number of aromatic nitrogens is 3. The summed E-state index contributed by atoms with van der Waals surface area (Å²) in [7, 11) is 0. The molecule has 0 unspecified atom stereocenters. The van der Waals surface area contributed by atoms with Gasteiger partial charge in [0, 0.05) is 11.4 Å². The van der Waals surface area contributed by atoms with Crippen molar-refractivity contribution in [3.8, 4) is 5.75 Å². The molecule has 118 valence electrons. The van der Waals surface area contributed by atoms with E-state index in [1.54, 1.807) is 43.5 Å². The van der Waals surface area contributed by atoms with Crippen molar-refractivity contribution in [2.45, 2.75) is 26.8 Å². The summed E-state index contributed by atoms with van der Waals surface area (Å²) in [5, 5.41) is 5.51. The van der Waals surface area contributed by atoms with Gasteiger partial charge in [-0.3, -0.25) is 0 Å². The zero-order valence-electron chi connectivity index (χ0n) is 13.1. The Morgan fingerprint density at radius 2 is 2.04 bits per heavy atom. The first-order valence-corrected chi connectivity index (χ1v) is 7.66. The molecule has 0 saturated heterocycles. The number of benzene rings is 1. The van der Waals surface area contributed by atoms with Crippen molar-refractivity contribution in [3.63, 3.8) is 0 Å². The van der Waals surface area contributed by atoms with Crippen molar-refractivity contribution in [1.82, 2.24) is 14.8 Å². The fourth-order valence-corrected chi connectivity index (χ4v) is 2.51. The Labute approximate surface area is 138 Å². The summed E-state index contributed by atoms with van der Waals surface area (Å²) in [6.45, 7) is 5.84. The van der Waals surface area contributed by atoms with Gasteiger partial charge >= 0.3 is 5.97 Å². The van der Waals surface area contributed by atoms with Gasteiger partial charge in [-0.05, 0) is 39.0 Å². The fraction of sp³-hybridized carbons (Fsp3) is 0.235. The lowest BCUT2D eigenvalue weighted by Gasteiger charge is -2.10. The molecule has 23 heavy (non-hydrogen) atoms. The number of carbonyl (C=O) groups excluding carboxylic acids is 1. The predicted molar refractivity (Wildman–Crippen MR) is 89.1 cm³/mol. The molecule has 0 aliphatic carbocycles. The van der Waals surface area contributed by atoms with E-state index in [-0.39, 0.29) is 6.04 Å². The Hall–Kier alpha value is -2.40. The van der Waals surface area contributed by atoms with Gasteiger partial charge in [-0.1, -0.05) is 23.7 Å². The molecule has 0 bridgehead atoms. The van der Waals surface area contributed by atoms with Crippen LogP contribution in [0.2, 0.25) is 5.02 Å². The second-order valence-corrected chi connectivity index (χ2v) is 5.94. The molecule has 0 fully saturated rings. The molecule has 0 aliphatic rings. The summed E-state index contributed by atoms with van der Waals surface area (Å²) in [6, 6.07) is 8.81. The monoisotopic (exact) mass is 329 g/mol. The molecule has 0 radical (unpaired) electrons. The average molecular weight is 330 g/mol. The van der Waals surface area contributed by atoms with Gasteiger partial charge in [0.15, 0.2) is 5.65 Å². The van der Waals surface area contributed by atoms with E-state index in [0.29, 0.717) is 22.0 Å². The molecule has 3 rings (SSSR count). The number of nitrogens with zero attached hydrogens (tertiary/aromatic N) is 3. The minimum absolute atomic E-state index is 0.195. The molecule has 1 aromatic carbocycles. The van der Waals surface area contributed by atoms with Crippen LogP contribution in [0.3, 0.4) is 0 Å². The third kappa shape index (κ3) is 2.92. The van der Waals surface area contributed by atoms with Crippen LogP contribution in [0, 0.1) is 6.92 Å². The molecule has 0 aliphatic heterocycles. The van der Waals surface area contributed by atoms with Crippen molar-refractivity contribution in [3.05, 3.63) is 52.8 Å². The minimum atomic E-state index is -0.484. The van der Waals surface area contributed by atoms with Gasteiger partial charge in [0.2, 0.25) is 0 Å². The van der Waals surface area contributed by atoms with Gasteiger partial charge in [0.1, 0.15) is 5.75 Å². The molecule has 0 amide bonds. The van der Waals surface area contributed by atoms with Gasteiger partial charge < -0.3 is 4.74 Å². The van der Waals surface area contributed by atoms with E-state index in [4.69, 9.17) is 16.3 Å². The molecule has 2 heterocycles. The summed E-state index contributed by atoms with van der Waals surface area (Å²) in [6.07, 6.45) is 1.70. The first-order valence-electron chi connectivity index (χ1n) is 7.29. The summed E-state index contributed by atoms with van der Waals surface area (Å²) in [5.74, 6) is -0.154. The van der Waals surface area contributed by atoms with E-state index >= 15 is 0 Å². The lowest BCUT2D eigenvalue weighted by Crippen LogP contribution is -2.12. The van der Waals surface area contributed by atoms with E-state index in [0.717, 1.165) is 11.0 Å². The number of pyridine rings is 1. The maximum absolute atomic E-state index is 12.4. The number of hydrogen-bond acceptors (Lipinski definition) is 4. The van der Waals surface area contributed by atoms with Gasteiger partial charge in [-0.25, -0.2) is 14.5 Å². The highest BCUT2D eigenvalue weighted by atomic mass is 35.5. The molecule has 0 saturated carbocycles. The van der Waals surface area contributed by atoms with Crippen LogP contribution in [-0.2, 0) is 0 Å². The number of para-hydroxylation sites is 1. The van der Waals surface area contributed by atoms with E-state index < -0.39 is 5.97 Å². The van der Waals surface area contributed by atoms with Crippen LogP contribution in [0.5, 0.6) is 5.75 Å². The number of halogens is 1. The zero-order chi connectivity index (χ0) is 16.6. The molecule has 0 spiro atoms. The molecule has 2 aromatic heterocycles. The van der Waals surface area contributed by atoms with Crippen molar-refractivity contribution < 1.29 is 9.53 Å². The van der Waals surface area contributed by atoms with Crippen LogP contribution >= 0.6 is 11.6 Å². The van der Waals surface area contributed by atoms with E-state index in [2.05, 4.69) is 10.1 Å². The van der Waals surface area contributed by atoms with Gasteiger partial charge in [0.25, 0.3) is 0 Å². The average Bonchev–Trinajstić information content (AvgIpc) is 2.91. The van der Waals surface area contributed by atoms with Crippen LogP contribution in [0.1, 0.15) is 35.9 Å². The smallest absolute Gasteiger partial charge is 0.345 e. The van der Waals surface area contributed by atoms with Crippen LogP contribution in [0.4, 0.5) is 0 Å². The van der Waals surface area contributed by atoms with Crippen LogP contribution in [0.25, 0.3) is 11.0 Å². The zero-order valence-corrected chi connectivity index (χ0v) is 13.8. The Bertz CT molecular complexity index is 887. The maximum Gasteiger partial charge on any atom is 0.345 e. The normalized spacial score (nSPS) is 11.2. The molecule has 3 aromatic rings. The number of fused-ring (bicyclic) bond motifs is 1. The number of aryl methyl sites for hydroxylation is 1. The number of ether oxygens (including phenoxy) is 1. The number of hydrogen-bond donors (Lipinski definition) is 0. The standard InChI is InChI=1S/C17H16ClN3O2/c1-10(2)21-16-12(9-19-21)8-13(11(3)20-16)17(22)23-15-7-5-4-6-14(15)18/h4-10H,1-3H3. The second kappa shape index (κ2) is 6.01. The molecule has 0 atom stereocenters. The van der Waals surface area contributed by atoms with Crippen molar-refractivity contribution in [2.24, 2.45) is 0 Å². The highest BCUT2D eigenvalue weighted by Crippen LogP contribution is 2.25. The number of rotatable bonds is 3. The van der Waals surface area contributed by atoms with Gasteiger partial charge in [-0.15, -0.1) is 0 Å². The van der Waals surface area contributed by atoms with Crippen LogP contribution < -0.4 is 4.74 Å². The molecule has 6 heteroatoms. The van der Waals surface area contributed by atoms with E-state index in [1.807, 2.05) is 18.5 Å². The number of carbonyl (C=O) groups is 1. The van der Waals surface area contributed by atoms with E-state index in [1.165, 1.54) is 0 Å². The fourth-order valence-electron chi connectivity index (χ4n) is 2.33. The van der Waals surface area contributed by atoms with Crippen LogP contribution in [0.15, 0.2) is 36.5 Å². The first kappa shape index (κ1) is 15.5. The largest absolute Gasteiger partial charge is 0.421 e. The Kier molecular flexibility index (Phi) is 4.05. The third-order valence-corrected chi connectivity index (χ3v) is 3.82. The van der Waals surface area contributed by atoms with Crippen LogP contribution in [-0.4, -0.2) is 20.7 Å². The quantitative estimate of drug-likeness (QED) is 0.534. The number of esters is 1. The molecule has 5 nitrogen and oxygen atoms in total. The highest BCUT2D eigenvalue weighted by molar-refractivity contribution is 6.32. The maximum atomic E-state index is 12.4. The third-order valence-electron chi connectivity index (χ3n) is 3.51. The van der Waals surface area contributed by atoms with Crippen molar-refractivity contribution >= 4 is 28.6 Å². The summed E-state index contributed by atoms with van der Waals surface area (Å²) < 4.78 is 7.20. The SMILES string of the molecule is Cc1nc2c(cnn2C(C)C)cc1C(=O)Oc1ccccc1Cl. The van der Waals surface area contributed by atoms with E-state index in [9.17, 15) is 4.79 Å². The van der Waals surface area contributed by atoms with Gasteiger partial charge in [-0.2, -0.15) is 5.10 Å². The molecule has 0 N–H and O–H groups in total. The Morgan fingerprint density at radius 3 is 2.74 bits per heavy atom.